The second-order valence-corrected chi connectivity index (χ2v) is 4.69. The van der Waals surface area contributed by atoms with Crippen molar-refractivity contribution in [1.29, 1.82) is 0 Å². The highest BCUT2D eigenvalue weighted by molar-refractivity contribution is 9.10. The van der Waals surface area contributed by atoms with Gasteiger partial charge in [-0.05, 0) is 54.1 Å². The number of hydrogen-bond donors (Lipinski definition) is 1. The first kappa shape index (κ1) is 13.2. The van der Waals surface area contributed by atoms with E-state index in [-0.39, 0.29) is 5.82 Å². The van der Waals surface area contributed by atoms with Crippen LogP contribution in [0.25, 0.3) is 11.5 Å². The molecule has 0 aliphatic rings. The quantitative estimate of drug-likeness (QED) is 0.862. The number of hydrogen-bond acceptors (Lipinski definition) is 4. The summed E-state index contributed by atoms with van der Waals surface area (Å²) >= 11 is 3.28. The smallest absolute Gasteiger partial charge is 0.248 e. The van der Waals surface area contributed by atoms with E-state index in [9.17, 15) is 4.39 Å². The molecule has 0 spiro atoms. The summed E-state index contributed by atoms with van der Waals surface area (Å²) in [5.74, 6) is 0.692. The van der Waals surface area contributed by atoms with Gasteiger partial charge in [-0.15, -0.1) is 10.2 Å². The molecule has 2 rings (SSSR count). The maximum Gasteiger partial charge on any atom is 0.248 e. The fourth-order valence-corrected chi connectivity index (χ4v) is 2.06. The first-order valence-corrected chi connectivity index (χ1v) is 6.42. The van der Waals surface area contributed by atoms with E-state index in [1.165, 1.54) is 12.1 Å². The Bertz CT molecular complexity index is 530. The predicted octanol–water partition coefficient (Wildman–Crippen LogP) is 2.79. The summed E-state index contributed by atoms with van der Waals surface area (Å²) in [7, 11) is 1.90. The van der Waals surface area contributed by atoms with Crippen molar-refractivity contribution in [2.24, 2.45) is 0 Å². The standard InChI is InChI=1S/C12H13BrFN3O/c1-15-6-2-3-11-16-17-12(18-11)9-5-4-8(14)7-10(9)13/h4-5,7,15H,2-3,6H2,1H3. The van der Waals surface area contributed by atoms with Crippen molar-refractivity contribution < 1.29 is 8.81 Å². The van der Waals surface area contributed by atoms with Crippen LogP contribution >= 0.6 is 15.9 Å². The number of benzene rings is 1. The molecule has 0 saturated heterocycles. The van der Waals surface area contributed by atoms with Crippen LogP contribution in [0.3, 0.4) is 0 Å². The van der Waals surface area contributed by atoms with Gasteiger partial charge < -0.3 is 9.73 Å². The Hall–Kier alpha value is -1.27. The zero-order valence-electron chi connectivity index (χ0n) is 9.91. The molecule has 4 nitrogen and oxygen atoms in total. The molecule has 0 fully saturated rings. The molecule has 1 aromatic heterocycles. The molecule has 2 aromatic rings. The van der Waals surface area contributed by atoms with E-state index >= 15 is 0 Å². The minimum Gasteiger partial charge on any atom is -0.421 e. The summed E-state index contributed by atoms with van der Waals surface area (Å²) in [6.07, 6.45) is 1.66. The van der Waals surface area contributed by atoms with Crippen LogP contribution in [0, 0.1) is 5.82 Å². The van der Waals surface area contributed by atoms with Crippen molar-refractivity contribution in [3.8, 4) is 11.5 Å². The fraction of sp³-hybridized carbons (Fsp3) is 0.333. The average Bonchev–Trinajstić information content (AvgIpc) is 2.78. The largest absolute Gasteiger partial charge is 0.421 e. The van der Waals surface area contributed by atoms with Crippen molar-refractivity contribution in [3.63, 3.8) is 0 Å². The first-order chi connectivity index (χ1) is 8.70. The number of nitrogens with one attached hydrogen (secondary N) is 1. The van der Waals surface area contributed by atoms with E-state index in [2.05, 4.69) is 31.4 Å². The Kier molecular flexibility index (Phi) is 4.43. The number of halogens is 2. The van der Waals surface area contributed by atoms with E-state index in [0.29, 0.717) is 21.8 Å². The average molecular weight is 314 g/mol. The number of aryl methyl sites for hydroxylation is 1. The molecule has 0 unspecified atom stereocenters. The molecule has 1 N–H and O–H groups in total. The molecule has 0 aliphatic carbocycles. The zero-order chi connectivity index (χ0) is 13.0. The second kappa shape index (κ2) is 6.06. The number of nitrogens with zero attached hydrogens (tertiary/aromatic N) is 2. The minimum atomic E-state index is -0.306. The van der Waals surface area contributed by atoms with Gasteiger partial charge in [-0.2, -0.15) is 0 Å². The summed E-state index contributed by atoms with van der Waals surface area (Å²) < 4.78 is 19.1. The normalized spacial score (nSPS) is 10.8. The third kappa shape index (κ3) is 3.14. The summed E-state index contributed by atoms with van der Waals surface area (Å²) in [6, 6.07) is 4.36. The van der Waals surface area contributed by atoms with Gasteiger partial charge in [0, 0.05) is 10.9 Å². The molecule has 0 radical (unpaired) electrons. The Labute approximate surface area is 113 Å². The molecule has 1 heterocycles. The van der Waals surface area contributed by atoms with Crippen molar-refractivity contribution in [2.75, 3.05) is 13.6 Å². The van der Waals surface area contributed by atoms with Gasteiger partial charge in [-0.3, -0.25) is 0 Å². The molecule has 0 atom stereocenters. The van der Waals surface area contributed by atoms with Crippen LogP contribution in [-0.2, 0) is 6.42 Å². The maximum atomic E-state index is 13.0. The highest BCUT2D eigenvalue weighted by Gasteiger charge is 2.12. The van der Waals surface area contributed by atoms with E-state index < -0.39 is 0 Å². The third-order valence-electron chi connectivity index (χ3n) is 2.45. The molecule has 0 aliphatic heterocycles. The Morgan fingerprint density at radius 3 is 2.94 bits per heavy atom. The van der Waals surface area contributed by atoms with Crippen molar-refractivity contribution in [1.82, 2.24) is 15.5 Å². The predicted molar refractivity (Wildman–Crippen MR) is 69.6 cm³/mol. The van der Waals surface area contributed by atoms with Gasteiger partial charge in [-0.25, -0.2) is 4.39 Å². The SMILES string of the molecule is CNCCCc1nnc(-c2ccc(F)cc2Br)o1. The Morgan fingerprint density at radius 1 is 1.39 bits per heavy atom. The second-order valence-electron chi connectivity index (χ2n) is 3.83. The lowest BCUT2D eigenvalue weighted by atomic mass is 10.2. The van der Waals surface area contributed by atoms with Crippen LogP contribution in [0.2, 0.25) is 0 Å². The molecule has 96 valence electrons. The van der Waals surface area contributed by atoms with Crippen LogP contribution in [0.15, 0.2) is 27.1 Å². The van der Waals surface area contributed by atoms with Gasteiger partial charge >= 0.3 is 0 Å². The Morgan fingerprint density at radius 2 is 2.22 bits per heavy atom. The lowest BCUT2D eigenvalue weighted by molar-refractivity contribution is 0.494. The Balaban J connectivity index is 2.13. The van der Waals surface area contributed by atoms with Gasteiger partial charge in [0.25, 0.3) is 0 Å². The van der Waals surface area contributed by atoms with E-state index in [1.807, 2.05) is 7.05 Å². The lowest BCUT2D eigenvalue weighted by Gasteiger charge is -1.98. The monoisotopic (exact) mass is 313 g/mol. The molecular formula is C12H13BrFN3O. The molecule has 0 saturated carbocycles. The van der Waals surface area contributed by atoms with Gasteiger partial charge in [0.2, 0.25) is 11.8 Å². The summed E-state index contributed by atoms with van der Waals surface area (Å²) in [4.78, 5) is 0. The van der Waals surface area contributed by atoms with Crippen LogP contribution in [0.4, 0.5) is 4.39 Å². The van der Waals surface area contributed by atoms with Gasteiger partial charge in [0.1, 0.15) is 5.82 Å². The zero-order valence-corrected chi connectivity index (χ0v) is 11.5. The van der Waals surface area contributed by atoms with Crippen LogP contribution in [0.1, 0.15) is 12.3 Å². The van der Waals surface area contributed by atoms with Gasteiger partial charge in [0.15, 0.2) is 0 Å². The summed E-state index contributed by atoms with van der Waals surface area (Å²) in [5.41, 5.74) is 0.698. The van der Waals surface area contributed by atoms with Crippen molar-refractivity contribution in [2.45, 2.75) is 12.8 Å². The fourth-order valence-electron chi connectivity index (χ4n) is 1.54. The summed E-state index contributed by atoms with van der Waals surface area (Å²) in [5, 5.41) is 11.0. The lowest BCUT2D eigenvalue weighted by Crippen LogP contribution is -2.08. The van der Waals surface area contributed by atoms with E-state index in [1.54, 1.807) is 6.07 Å². The topological polar surface area (TPSA) is 51.0 Å². The molecular weight excluding hydrogens is 301 g/mol. The van der Waals surface area contributed by atoms with Crippen LogP contribution in [-0.4, -0.2) is 23.8 Å². The highest BCUT2D eigenvalue weighted by atomic mass is 79.9. The molecule has 6 heteroatoms. The molecule has 18 heavy (non-hydrogen) atoms. The van der Waals surface area contributed by atoms with Crippen molar-refractivity contribution >= 4 is 15.9 Å². The van der Waals surface area contributed by atoms with Gasteiger partial charge in [-0.1, -0.05) is 0 Å². The van der Waals surface area contributed by atoms with E-state index in [0.717, 1.165) is 19.4 Å². The van der Waals surface area contributed by atoms with Crippen LogP contribution < -0.4 is 5.32 Å². The molecule has 0 amide bonds. The molecule has 1 aromatic carbocycles. The highest BCUT2D eigenvalue weighted by Crippen LogP contribution is 2.27. The van der Waals surface area contributed by atoms with Crippen molar-refractivity contribution in [3.05, 3.63) is 34.4 Å². The van der Waals surface area contributed by atoms with Gasteiger partial charge in [0.05, 0.1) is 5.56 Å². The van der Waals surface area contributed by atoms with Crippen LogP contribution in [0.5, 0.6) is 0 Å². The van der Waals surface area contributed by atoms with E-state index in [4.69, 9.17) is 4.42 Å². The molecule has 0 bridgehead atoms. The number of rotatable bonds is 5. The maximum absolute atomic E-state index is 13.0. The minimum absolute atomic E-state index is 0.306. The third-order valence-corrected chi connectivity index (χ3v) is 3.10. The number of aromatic nitrogens is 2. The summed E-state index contributed by atoms with van der Waals surface area (Å²) in [6.45, 7) is 0.901. The first-order valence-electron chi connectivity index (χ1n) is 5.63.